The third-order valence-corrected chi connectivity index (χ3v) is 4.21. The molecule has 0 saturated carbocycles. The minimum absolute atomic E-state index is 0.355. The molecule has 2 heteroatoms. The molecule has 1 saturated heterocycles. The van der Waals surface area contributed by atoms with E-state index in [2.05, 4.69) is 51.8 Å². The van der Waals surface area contributed by atoms with Gasteiger partial charge < -0.3 is 5.32 Å². The Kier molecular flexibility index (Phi) is 4.81. The summed E-state index contributed by atoms with van der Waals surface area (Å²) in [6, 6.07) is 1.35. The van der Waals surface area contributed by atoms with Gasteiger partial charge in [0, 0.05) is 25.2 Å². The van der Waals surface area contributed by atoms with Gasteiger partial charge in [-0.25, -0.2) is 0 Å². The van der Waals surface area contributed by atoms with Crippen molar-refractivity contribution in [3.05, 3.63) is 0 Å². The van der Waals surface area contributed by atoms with E-state index in [0.717, 1.165) is 18.5 Å². The molecule has 0 bridgehead atoms. The van der Waals surface area contributed by atoms with Gasteiger partial charge in [-0.15, -0.1) is 0 Å². The normalized spacial score (nSPS) is 29.6. The lowest BCUT2D eigenvalue weighted by atomic mass is 9.84. The Bertz CT molecular complexity index is 213. The molecule has 3 unspecified atom stereocenters. The molecule has 0 spiro atoms. The average Bonchev–Trinajstić information content (AvgIpc) is 2.44. The van der Waals surface area contributed by atoms with Gasteiger partial charge >= 0.3 is 0 Å². The summed E-state index contributed by atoms with van der Waals surface area (Å²) in [5, 5.41) is 3.56. The minimum Gasteiger partial charge on any atom is -0.314 e. The Balaban J connectivity index is 2.51. The van der Waals surface area contributed by atoms with Gasteiger partial charge in [0.2, 0.25) is 0 Å². The highest BCUT2D eigenvalue weighted by Crippen LogP contribution is 2.29. The van der Waals surface area contributed by atoms with Gasteiger partial charge in [-0.2, -0.15) is 0 Å². The number of likely N-dealkylation sites (tertiary alicyclic amines) is 1. The van der Waals surface area contributed by atoms with Crippen LogP contribution in [0.5, 0.6) is 0 Å². The van der Waals surface area contributed by atoms with Crippen LogP contribution in [0.15, 0.2) is 0 Å². The zero-order chi connectivity index (χ0) is 12.3. The van der Waals surface area contributed by atoms with Gasteiger partial charge in [-0.1, -0.05) is 27.7 Å². The maximum absolute atomic E-state index is 3.56. The van der Waals surface area contributed by atoms with Crippen LogP contribution in [-0.4, -0.2) is 36.6 Å². The van der Waals surface area contributed by atoms with E-state index in [1.807, 2.05) is 0 Å². The maximum Gasteiger partial charge on any atom is 0.0102 e. The minimum atomic E-state index is 0.355. The lowest BCUT2D eigenvalue weighted by Gasteiger charge is -2.37. The molecule has 1 heterocycles. The van der Waals surface area contributed by atoms with Crippen molar-refractivity contribution in [2.45, 2.75) is 60.0 Å². The second-order valence-electron chi connectivity index (χ2n) is 6.39. The predicted molar refractivity (Wildman–Crippen MR) is 71.7 cm³/mol. The first-order valence-corrected chi connectivity index (χ1v) is 6.84. The molecule has 1 aliphatic rings. The van der Waals surface area contributed by atoms with Gasteiger partial charge in [-0.3, -0.25) is 4.90 Å². The summed E-state index contributed by atoms with van der Waals surface area (Å²) in [6.07, 6.45) is 1.37. The zero-order valence-electron chi connectivity index (χ0n) is 12.0. The highest BCUT2D eigenvalue weighted by atomic mass is 15.2. The molecule has 1 aliphatic heterocycles. The van der Waals surface area contributed by atoms with E-state index < -0.39 is 0 Å². The van der Waals surface area contributed by atoms with Gasteiger partial charge in [0.1, 0.15) is 0 Å². The smallest absolute Gasteiger partial charge is 0.0102 e. The van der Waals surface area contributed by atoms with Crippen LogP contribution in [0.4, 0.5) is 0 Å². The molecule has 0 aromatic carbocycles. The molecular formula is C14H30N2. The summed E-state index contributed by atoms with van der Waals surface area (Å²) >= 11 is 0. The van der Waals surface area contributed by atoms with Crippen molar-refractivity contribution < 1.29 is 0 Å². The second kappa shape index (κ2) is 5.50. The van der Waals surface area contributed by atoms with E-state index in [9.17, 15) is 0 Å². The van der Waals surface area contributed by atoms with Crippen LogP contribution in [0, 0.1) is 11.3 Å². The van der Waals surface area contributed by atoms with Crippen molar-refractivity contribution in [2.24, 2.45) is 11.3 Å². The largest absolute Gasteiger partial charge is 0.314 e. The molecule has 0 aliphatic carbocycles. The average molecular weight is 226 g/mol. The number of hydrogen-bond donors (Lipinski definition) is 1. The SMILES string of the molecule is CCNC(C)C(C)(C)CN1CC(C)CC1C. The highest BCUT2D eigenvalue weighted by molar-refractivity contribution is 4.88. The van der Waals surface area contributed by atoms with Crippen LogP contribution in [0.1, 0.15) is 48.0 Å². The molecule has 96 valence electrons. The molecule has 1 rings (SSSR count). The molecular weight excluding hydrogens is 196 g/mol. The number of rotatable bonds is 5. The summed E-state index contributed by atoms with van der Waals surface area (Å²) in [5.41, 5.74) is 0.355. The third kappa shape index (κ3) is 3.46. The van der Waals surface area contributed by atoms with Gasteiger partial charge in [0.05, 0.1) is 0 Å². The van der Waals surface area contributed by atoms with Crippen molar-refractivity contribution in [3.63, 3.8) is 0 Å². The summed E-state index contributed by atoms with van der Waals surface area (Å²) in [7, 11) is 0. The first kappa shape index (κ1) is 14.0. The first-order chi connectivity index (χ1) is 7.36. The number of nitrogens with one attached hydrogen (secondary N) is 1. The van der Waals surface area contributed by atoms with Gasteiger partial charge in [-0.05, 0) is 38.1 Å². The maximum atomic E-state index is 3.56. The molecule has 2 nitrogen and oxygen atoms in total. The molecule has 0 aromatic rings. The Hall–Kier alpha value is -0.0800. The summed E-state index contributed by atoms with van der Waals surface area (Å²) in [4.78, 5) is 2.67. The fraction of sp³-hybridized carbons (Fsp3) is 1.00. The molecule has 3 atom stereocenters. The van der Waals surface area contributed by atoms with Crippen LogP contribution in [0.2, 0.25) is 0 Å². The van der Waals surface area contributed by atoms with Crippen molar-refractivity contribution in [2.75, 3.05) is 19.6 Å². The van der Waals surface area contributed by atoms with Crippen molar-refractivity contribution in [3.8, 4) is 0 Å². The molecule has 1 N–H and O–H groups in total. The van der Waals surface area contributed by atoms with Crippen LogP contribution in [0.3, 0.4) is 0 Å². The van der Waals surface area contributed by atoms with Gasteiger partial charge in [0.15, 0.2) is 0 Å². The summed E-state index contributed by atoms with van der Waals surface area (Å²) < 4.78 is 0. The zero-order valence-corrected chi connectivity index (χ0v) is 12.0. The van der Waals surface area contributed by atoms with Crippen molar-refractivity contribution in [1.29, 1.82) is 0 Å². The molecule has 0 amide bonds. The standard InChI is InChI=1S/C14H30N2/c1-7-15-13(4)14(5,6)10-16-9-11(2)8-12(16)3/h11-13,15H,7-10H2,1-6H3. The molecule has 0 radical (unpaired) electrons. The molecule has 1 fully saturated rings. The van der Waals surface area contributed by atoms with Crippen LogP contribution < -0.4 is 5.32 Å². The third-order valence-electron chi connectivity index (χ3n) is 4.21. The van der Waals surface area contributed by atoms with Gasteiger partial charge in [0.25, 0.3) is 0 Å². The highest BCUT2D eigenvalue weighted by Gasteiger charge is 2.33. The molecule has 16 heavy (non-hydrogen) atoms. The van der Waals surface area contributed by atoms with E-state index in [1.165, 1.54) is 19.5 Å². The predicted octanol–water partition coefficient (Wildman–Crippen LogP) is 2.74. The fourth-order valence-corrected chi connectivity index (χ4v) is 2.85. The number of nitrogens with zero attached hydrogens (tertiary/aromatic N) is 1. The molecule has 0 aromatic heterocycles. The van der Waals surface area contributed by atoms with E-state index in [-0.39, 0.29) is 0 Å². The van der Waals surface area contributed by atoms with Crippen LogP contribution in [0.25, 0.3) is 0 Å². The lowest BCUT2D eigenvalue weighted by Crippen LogP contribution is -2.47. The fourth-order valence-electron chi connectivity index (χ4n) is 2.85. The Morgan fingerprint density at radius 1 is 1.38 bits per heavy atom. The monoisotopic (exact) mass is 226 g/mol. The van der Waals surface area contributed by atoms with E-state index in [4.69, 9.17) is 0 Å². The second-order valence-corrected chi connectivity index (χ2v) is 6.39. The van der Waals surface area contributed by atoms with E-state index in [1.54, 1.807) is 0 Å². The van der Waals surface area contributed by atoms with Crippen molar-refractivity contribution in [1.82, 2.24) is 10.2 Å². The Morgan fingerprint density at radius 3 is 2.44 bits per heavy atom. The topological polar surface area (TPSA) is 15.3 Å². The lowest BCUT2D eigenvalue weighted by molar-refractivity contribution is 0.137. The summed E-state index contributed by atoms with van der Waals surface area (Å²) in [5.74, 6) is 0.875. The van der Waals surface area contributed by atoms with E-state index >= 15 is 0 Å². The Morgan fingerprint density at radius 2 is 2.00 bits per heavy atom. The van der Waals surface area contributed by atoms with Crippen LogP contribution in [-0.2, 0) is 0 Å². The van der Waals surface area contributed by atoms with E-state index in [0.29, 0.717) is 11.5 Å². The summed E-state index contributed by atoms with van der Waals surface area (Å²) in [6.45, 7) is 17.6. The van der Waals surface area contributed by atoms with Crippen molar-refractivity contribution >= 4 is 0 Å². The number of hydrogen-bond acceptors (Lipinski definition) is 2. The Labute approximate surface area is 102 Å². The van der Waals surface area contributed by atoms with Crippen LogP contribution >= 0.6 is 0 Å². The first-order valence-electron chi connectivity index (χ1n) is 6.84. The quantitative estimate of drug-likeness (QED) is 0.775.